The third kappa shape index (κ3) is 6.00. The number of aryl methyl sites for hydroxylation is 5. The average Bonchev–Trinajstić information content (AvgIpc) is 3.55. The number of rotatable bonds is 6. The van der Waals surface area contributed by atoms with E-state index in [1.165, 1.54) is 5.56 Å². The van der Waals surface area contributed by atoms with E-state index in [4.69, 9.17) is 14.1 Å². The van der Waals surface area contributed by atoms with Crippen LogP contribution in [0.25, 0.3) is 72.7 Å². The van der Waals surface area contributed by atoms with Gasteiger partial charge in [-0.25, -0.2) is 4.98 Å². The molecule has 8 aromatic rings. The number of benzene rings is 6. The Hall–Kier alpha value is -6.26. The van der Waals surface area contributed by atoms with E-state index in [1.54, 1.807) is 12.1 Å². The SMILES string of the molecule is [2H]C([2H])([2H])c1ccc(-n2c(-c3cc(C)cc(C)c3O)nc3c(-c4cc(-c5ccccc5)cc(-c5cc(-c6ccc(C)cc6)ccn5)c4)cccc32)c(C)c1. The van der Waals surface area contributed by atoms with Crippen LogP contribution in [0, 0.1) is 34.5 Å². The van der Waals surface area contributed by atoms with E-state index in [0.29, 0.717) is 11.4 Å². The summed E-state index contributed by atoms with van der Waals surface area (Å²) in [6, 6.07) is 44.9. The number of aromatic hydroxyl groups is 1. The fourth-order valence-electron chi connectivity index (χ4n) is 7.04. The molecular weight excluding hydrogens is 623 g/mol. The van der Waals surface area contributed by atoms with Gasteiger partial charge in [0.05, 0.1) is 28.0 Å². The van der Waals surface area contributed by atoms with Gasteiger partial charge in [0, 0.05) is 21.4 Å². The van der Waals surface area contributed by atoms with Crippen molar-refractivity contribution >= 4 is 11.0 Å². The third-order valence-corrected chi connectivity index (χ3v) is 9.60. The minimum absolute atomic E-state index is 0.156. The summed E-state index contributed by atoms with van der Waals surface area (Å²) in [5.41, 5.74) is 15.0. The van der Waals surface area contributed by atoms with Gasteiger partial charge in [-0.1, -0.05) is 96.1 Å². The Labute approximate surface area is 303 Å². The van der Waals surface area contributed by atoms with Crippen molar-refractivity contribution in [3.8, 4) is 67.5 Å². The molecular formula is C47H39N3O. The summed E-state index contributed by atoms with van der Waals surface area (Å²) in [5, 5.41) is 11.5. The molecule has 0 atom stereocenters. The van der Waals surface area contributed by atoms with Gasteiger partial charge in [-0.15, -0.1) is 0 Å². The van der Waals surface area contributed by atoms with Crippen LogP contribution in [0.4, 0.5) is 0 Å². The molecule has 0 amide bonds. The third-order valence-electron chi connectivity index (χ3n) is 9.60. The van der Waals surface area contributed by atoms with Gasteiger partial charge in [-0.05, 0) is 128 Å². The predicted molar refractivity (Wildman–Crippen MR) is 211 cm³/mol. The van der Waals surface area contributed by atoms with Gasteiger partial charge in [-0.3, -0.25) is 9.55 Å². The number of hydrogen-bond acceptors (Lipinski definition) is 3. The Morgan fingerprint density at radius 3 is 2.06 bits per heavy atom. The minimum atomic E-state index is -2.24. The van der Waals surface area contributed by atoms with Gasteiger partial charge >= 0.3 is 0 Å². The van der Waals surface area contributed by atoms with Crippen molar-refractivity contribution < 1.29 is 9.22 Å². The highest BCUT2D eigenvalue weighted by Gasteiger charge is 2.22. The second kappa shape index (κ2) is 12.9. The Bertz CT molecular complexity index is 2690. The van der Waals surface area contributed by atoms with Crippen LogP contribution in [0.5, 0.6) is 5.75 Å². The van der Waals surface area contributed by atoms with E-state index in [-0.39, 0.29) is 11.3 Å². The van der Waals surface area contributed by atoms with Crippen LogP contribution < -0.4 is 0 Å². The lowest BCUT2D eigenvalue weighted by Gasteiger charge is -2.15. The van der Waals surface area contributed by atoms with Gasteiger partial charge in [0.25, 0.3) is 0 Å². The highest BCUT2D eigenvalue weighted by Crippen LogP contribution is 2.41. The molecule has 0 saturated heterocycles. The molecule has 0 aliphatic carbocycles. The van der Waals surface area contributed by atoms with E-state index in [9.17, 15) is 5.11 Å². The summed E-state index contributed by atoms with van der Waals surface area (Å²) >= 11 is 0. The summed E-state index contributed by atoms with van der Waals surface area (Å²) in [6.07, 6.45) is 1.87. The maximum Gasteiger partial charge on any atom is 0.149 e. The molecule has 0 fully saturated rings. The molecule has 4 heteroatoms. The maximum atomic E-state index is 11.5. The van der Waals surface area contributed by atoms with Crippen LogP contribution in [-0.2, 0) is 0 Å². The number of fused-ring (bicyclic) bond motifs is 1. The van der Waals surface area contributed by atoms with E-state index < -0.39 is 6.85 Å². The average molecular weight is 665 g/mol. The standard InChI is InChI=1S/C47H39N3O/c1-29-14-17-35(18-15-29)36-20-21-48-42(28-36)39-26-37(34-10-7-6-8-11-34)25-38(27-39)40-12-9-13-44-45(40)49-47(41-24-31(3)23-33(5)46(41)51)50(44)43-19-16-30(2)22-32(43)4/h6-28,51H,1-5H3/i2D3. The first-order valence-corrected chi connectivity index (χ1v) is 17.1. The summed E-state index contributed by atoms with van der Waals surface area (Å²) in [6.45, 7) is 5.66. The first-order chi connectivity index (χ1) is 25.9. The Morgan fingerprint density at radius 1 is 0.549 bits per heavy atom. The van der Waals surface area contributed by atoms with Crippen molar-refractivity contribution in [1.29, 1.82) is 0 Å². The molecule has 4 nitrogen and oxygen atoms in total. The van der Waals surface area contributed by atoms with E-state index in [0.717, 1.165) is 78.0 Å². The van der Waals surface area contributed by atoms with Gasteiger partial charge in [0.15, 0.2) is 0 Å². The van der Waals surface area contributed by atoms with Crippen LogP contribution in [0.3, 0.4) is 0 Å². The molecule has 248 valence electrons. The van der Waals surface area contributed by atoms with Gasteiger partial charge in [-0.2, -0.15) is 0 Å². The van der Waals surface area contributed by atoms with Crippen LogP contribution in [0.1, 0.15) is 31.9 Å². The topological polar surface area (TPSA) is 50.9 Å². The van der Waals surface area contributed by atoms with Crippen molar-refractivity contribution in [3.05, 3.63) is 167 Å². The molecule has 2 heterocycles. The van der Waals surface area contributed by atoms with Gasteiger partial charge in [0.1, 0.15) is 11.6 Å². The quantitative estimate of drug-likeness (QED) is 0.192. The van der Waals surface area contributed by atoms with E-state index in [1.807, 2.05) is 86.1 Å². The largest absolute Gasteiger partial charge is 0.507 e. The van der Waals surface area contributed by atoms with Gasteiger partial charge < -0.3 is 5.11 Å². The fraction of sp³-hybridized carbons (Fsp3) is 0.106. The van der Waals surface area contributed by atoms with Crippen molar-refractivity contribution in [3.63, 3.8) is 0 Å². The monoisotopic (exact) mass is 664 g/mol. The second-order valence-corrected chi connectivity index (χ2v) is 13.4. The molecule has 2 aromatic heterocycles. The van der Waals surface area contributed by atoms with Crippen molar-refractivity contribution in [1.82, 2.24) is 14.5 Å². The second-order valence-electron chi connectivity index (χ2n) is 13.4. The molecule has 8 rings (SSSR count). The van der Waals surface area contributed by atoms with Crippen molar-refractivity contribution in [2.24, 2.45) is 0 Å². The smallest absolute Gasteiger partial charge is 0.149 e. The van der Waals surface area contributed by atoms with E-state index in [2.05, 4.69) is 73.7 Å². The zero-order valence-electron chi connectivity index (χ0n) is 32.1. The number of pyridine rings is 1. The summed E-state index contributed by atoms with van der Waals surface area (Å²) < 4.78 is 26.1. The molecule has 0 unspecified atom stereocenters. The lowest BCUT2D eigenvalue weighted by molar-refractivity contribution is 0.472. The minimum Gasteiger partial charge on any atom is -0.507 e. The Kier molecular flexibility index (Phi) is 7.22. The van der Waals surface area contributed by atoms with Crippen LogP contribution in [0.15, 0.2) is 140 Å². The molecule has 0 saturated carbocycles. The molecule has 1 N–H and O–H groups in total. The highest BCUT2D eigenvalue weighted by atomic mass is 16.3. The van der Waals surface area contributed by atoms with Gasteiger partial charge in [0.2, 0.25) is 0 Å². The van der Waals surface area contributed by atoms with Crippen LogP contribution >= 0.6 is 0 Å². The number of imidazole rings is 1. The normalized spacial score (nSPS) is 12.4. The first kappa shape index (κ1) is 28.6. The molecule has 6 aromatic carbocycles. The number of nitrogens with zero attached hydrogens (tertiary/aromatic N) is 3. The maximum absolute atomic E-state index is 11.5. The molecule has 0 spiro atoms. The lowest BCUT2D eigenvalue weighted by Crippen LogP contribution is -2.01. The molecule has 0 bridgehead atoms. The molecule has 0 aliphatic rings. The van der Waals surface area contributed by atoms with Crippen molar-refractivity contribution in [2.75, 3.05) is 0 Å². The summed E-state index contributed by atoms with van der Waals surface area (Å²) in [4.78, 5) is 10.2. The van der Waals surface area contributed by atoms with Crippen molar-refractivity contribution in [2.45, 2.75) is 34.5 Å². The number of phenolic OH excluding ortho intramolecular Hbond substituents is 1. The number of aromatic nitrogens is 3. The Morgan fingerprint density at radius 2 is 1.27 bits per heavy atom. The molecule has 0 radical (unpaired) electrons. The number of para-hydroxylation sites is 1. The zero-order valence-corrected chi connectivity index (χ0v) is 29.1. The summed E-state index contributed by atoms with van der Waals surface area (Å²) in [7, 11) is 0. The summed E-state index contributed by atoms with van der Waals surface area (Å²) in [5.74, 6) is 0.724. The number of hydrogen-bond donors (Lipinski definition) is 1. The number of phenols is 1. The lowest BCUT2D eigenvalue weighted by atomic mass is 9.93. The Balaban J connectivity index is 1.38. The van der Waals surface area contributed by atoms with Crippen LogP contribution in [0.2, 0.25) is 0 Å². The van der Waals surface area contributed by atoms with E-state index >= 15 is 0 Å². The van der Waals surface area contributed by atoms with Crippen LogP contribution in [-0.4, -0.2) is 19.6 Å². The predicted octanol–water partition coefficient (Wildman–Crippen LogP) is 12.0. The first-order valence-electron chi connectivity index (χ1n) is 18.6. The fourth-order valence-corrected chi connectivity index (χ4v) is 7.04. The molecule has 51 heavy (non-hydrogen) atoms. The molecule has 0 aliphatic heterocycles. The highest BCUT2D eigenvalue weighted by molar-refractivity contribution is 5.98. The zero-order chi connectivity index (χ0) is 37.7.